The molecule has 5 aliphatic rings. The molecule has 6 rings (SSSR count). The van der Waals surface area contributed by atoms with Gasteiger partial charge in [0.1, 0.15) is 11.9 Å². The SMILES string of the molecule is c1cc(N2CCCCC2)ccc1OC1C2CC3CC(C2)CC1C3. The maximum Gasteiger partial charge on any atom is 0.119 e. The zero-order valence-electron chi connectivity index (χ0n) is 14.1. The molecule has 0 spiro atoms. The average Bonchev–Trinajstić information content (AvgIpc) is 2.59. The number of benzene rings is 1. The normalized spacial score (nSPS) is 38.8. The number of piperidine rings is 1. The smallest absolute Gasteiger partial charge is 0.119 e. The van der Waals surface area contributed by atoms with Crippen molar-refractivity contribution in [1.29, 1.82) is 0 Å². The van der Waals surface area contributed by atoms with Crippen molar-refractivity contribution in [2.45, 2.75) is 57.5 Å². The monoisotopic (exact) mass is 311 g/mol. The topological polar surface area (TPSA) is 12.5 Å². The molecule has 2 heteroatoms. The fourth-order valence-corrected chi connectivity index (χ4v) is 6.11. The van der Waals surface area contributed by atoms with E-state index >= 15 is 0 Å². The highest BCUT2D eigenvalue weighted by Gasteiger charge is 2.49. The first-order chi connectivity index (χ1) is 11.3. The summed E-state index contributed by atoms with van der Waals surface area (Å²) in [6.07, 6.45) is 11.8. The Balaban J connectivity index is 1.27. The third-order valence-electron chi connectivity index (χ3n) is 6.97. The van der Waals surface area contributed by atoms with Crippen molar-refractivity contribution in [3.05, 3.63) is 24.3 Å². The van der Waals surface area contributed by atoms with Crippen LogP contribution in [0.3, 0.4) is 0 Å². The Morgan fingerprint density at radius 2 is 1.35 bits per heavy atom. The van der Waals surface area contributed by atoms with Gasteiger partial charge in [0.2, 0.25) is 0 Å². The number of hydrogen-bond acceptors (Lipinski definition) is 2. The van der Waals surface area contributed by atoms with Crippen molar-refractivity contribution in [2.75, 3.05) is 18.0 Å². The Morgan fingerprint density at radius 1 is 0.739 bits per heavy atom. The predicted octanol–water partition coefficient (Wildman–Crippen LogP) is 4.88. The molecule has 0 unspecified atom stereocenters. The molecule has 0 atom stereocenters. The summed E-state index contributed by atoms with van der Waals surface area (Å²) in [5.74, 6) is 4.84. The van der Waals surface area contributed by atoms with Crippen LogP contribution in [0.4, 0.5) is 5.69 Å². The third-order valence-corrected chi connectivity index (χ3v) is 6.97. The quantitative estimate of drug-likeness (QED) is 0.789. The molecule has 0 aromatic heterocycles. The first kappa shape index (κ1) is 14.2. The van der Waals surface area contributed by atoms with Gasteiger partial charge < -0.3 is 9.64 Å². The zero-order valence-corrected chi connectivity index (χ0v) is 14.1. The number of ether oxygens (including phenoxy) is 1. The fourth-order valence-electron chi connectivity index (χ4n) is 6.11. The van der Waals surface area contributed by atoms with Gasteiger partial charge in [0.25, 0.3) is 0 Å². The summed E-state index contributed by atoms with van der Waals surface area (Å²) >= 11 is 0. The lowest BCUT2D eigenvalue weighted by Crippen LogP contribution is -2.50. The molecular weight excluding hydrogens is 282 g/mol. The minimum atomic E-state index is 0.503. The van der Waals surface area contributed by atoms with E-state index in [4.69, 9.17) is 4.74 Å². The van der Waals surface area contributed by atoms with Gasteiger partial charge in [-0.05, 0) is 99.3 Å². The van der Waals surface area contributed by atoms with Crippen LogP contribution in [0.1, 0.15) is 51.4 Å². The van der Waals surface area contributed by atoms with Crippen LogP contribution in [0.25, 0.3) is 0 Å². The lowest BCUT2D eigenvalue weighted by Gasteiger charge is -2.53. The number of hydrogen-bond donors (Lipinski definition) is 0. The summed E-state index contributed by atoms with van der Waals surface area (Å²) in [6, 6.07) is 8.98. The molecule has 1 aromatic carbocycles. The lowest BCUT2D eigenvalue weighted by molar-refractivity contribution is -0.0789. The molecule has 5 fully saturated rings. The van der Waals surface area contributed by atoms with Crippen LogP contribution >= 0.6 is 0 Å². The third kappa shape index (κ3) is 2.64. The van der Waals surface area contributed by atoms with E-state index in [1.807, 2.05) is 0 Å². The van der Waals surface area contributed by atoms with Crippen molar-refractivity contribution in [3.8, 4) is 5.75 Å². The lowest BCUT2D eigenvalue weighted by atomic mass is 9.55. The van der Waals surface area contributed by atoms with Crippen molar-refractivity contribution in [2.24, 2.45) is 23.7 Å². The summed E-state index contributed by atoms with van der Waals surface area (Å²) in [6.45, 7) is 2.44. The average molecular weight is 311 g/mol. The molecule has 0 amide bonds. The molecule has 2 nitrogen and oxygen atoms in total. The van der Waals surface area contributed by atoms with E-state index < -0.39 is 0 Å². The predicted molar refractivity (Wildman–Crippen MR) is 94.0 cm³/mol. The molecular formula is C21H29NO. The van der Waals surface area contributed by atoms with Crippen molar-refractivity contribution >= 4 is 5.69 Å². The molecule has 1 aliphatic heterocycles. The van der Waals surface area contributed by atoms with Crippen LogP contribution in [-0.4, -0.2) is 19.2 Å². The zero-order chi connectivity index (χ0) is 15.2. The summed E-state index contributed by atoms with van der Waals surface area (Å²) in [5.41, 5.74) is 1.38. The molecule has 0 N–H and O–H groups in total. The van der Waals surface area contributed by atoms with E-state index in [-0.39, 0.29) is 0 Å². The van der Waals surface area contributed by atoms with Gasteiger partial charge in [0, 0.05) is 18.8 Å². The van der Waals surface area contributed by atoms with Gasteiger partial charge in [-0.3, -0.25) is 0 Å². The van der Waals surface area contributed by atoms with Gasteiger partial charge in [0.15, 0.2) is 0 Å². The van der Waals surface area contributed by atoms with E-state index in [1.165, 1.54) is 70.1 Å². The van der Waals surface area contributed by atoms with Crippen LogP contribution in [0.15, 0.2) is 24.3 Å². The van der Waals surface area contributed by atoms with E-state index in [9.17, 15) is 0 Å². The first-order valence-electron chi connectivity index (χ1n) is 9.87. The van der Waals surface area contributed by atoms with Crippen molar-refractivity contribution in [3.63, 3.8) is 0 Å². The van der Waals surface area contributed by atoms with E-state index in [1.54, 1.807) is 0 Å². The Bertz CT molecular complexity index is 517. The van der Waals surface area contributed by atoms with Crippen molar-refractivity contribution < 1.29 is 4.74 Å². The van der Waals surface area contributed by atoms with E-state index in [2.05, 4.69) is 29.2 Å². The molecule has 124 valence electrons. The second kappa shape index (κ2) is 5.72. The number of nitrogens with zero attached hydrogens (tertiary/aromatic N) is 1. The highest BCUT2D eigenvalue weighted by Crippen LogP contribution is 2.54. The molecule has 1 aromatic rings. The standard InChI is InChI=1S/C21H29NO/c1-2-8-22(9-3-1)19-4-6-20(7-5-19)23-21-17-11-15-10-16(13-17)14-18(21)12-15/h4-7,15-18,21H,1-3,8-14H2. The fraction of sp³-hybridized carbons (Fsp3) is 0.714. The van der Waals surface area contributed by atoms with Crippen LogP contribution < -0.4 is 9.64 Å². The first-order valence-corrected chi connectivity index (χ1v) is 9.87. The van der Waals surface area contributed by atoms with Crippen molar-refractivity contribution in [1.82, 2.24) is 0 Å². The Kier molecular flexibility index (Phi) is 3.53. The van der Waals surface area contributed by atoms with Gasteiger partial charge in [-0.25, -0.2) is 0 Å². The summed E-state index contributed by atoms with van der Waals surface area (Å²) < 4.78 is 6.52. The van der Waals surface area contributed by atoms with E-state index in [0.717, 1.165) is 29.4 Å². The van der Waals surface area contributed by atoms with Crippen LogP contribution in [-0.2, 0) is 0 Å². The van der Waals surface area contributed by atoms with E-state index in [0.29, 0.717) is 6.10 Å². The Morgan fingerprint density at radius 3 is 1.96 bits per heavy atom. The largest absolute Gasteiger partial charge is 0.490 e. The van der Waals surface area contributed by atoms with Gasteiger partial charge in [-0.15, -0.1) is 0 Å². The summed E-state index contributed by atoms with van der Waals surface area (Å²) in [7, 11) is 0. The molecule has 4 aliphatic carbocycles. The minimum Gasteiger partial charge on any atom is -0.490 e. The molecule has 4 saturated carbocycles. The molecule has 4 bridgehead atoms. The van der Waals surface area contributed by atoms with Crippen LogP contribution in [0.5, 0.6) is 5.75 Å². The Labute approximate surface area is 140 Å². The van der Waals surface area contributed by atoms with Gasteiger partial charge in [-0.2, -0.15) is 0 Å². The maximum absolute atomic E-state index is 6.52. The molecule has 1 saturated heterocycles. The van der Waals surface area contributed by atoms with Gasteiger partial charge in [-0.1, -0.05) is 0 Å². The molecule has 1 heterocycles. The van der Waals surface area contributed by atoms with Crippen LogP contribution in [0, 0.1) is 23.7 Å². The second-order valence-electron chi connectivity index (χ2n) is 8.55. The Hall–Kier alpha value is -1.18. The summed E-state index contributed by atoms with van der Waals surface area (Å²) in [5, 5.41) is 0. The minimum absolute atomic E-state index is 0.503. The van der Waals surface area contributed by atoms with Crippen LogP contribution in [0.2, 0.25) is 0 Å². The highest BCUT2D eigenvalue weighted by atomic mass is 16.5. The molecule has 0 radical (unpaired) electrons. The second-order valence-corrected chi connectivity index (χ2v) is 8.55. The molecule has 23 heavy (non-hydrogen) atoms. The summed E-state index contributed by atoms with van der Waals surface area (Å²) in [4.78, 5) is 2.52. The highest BCUT2D eigenvalue weighted by molar-refractivity contribution is 5.49. The maximum atomic E-state index is 6.52. The van der Waals surface area contributed by atoms with Gasteiger partial charge in [0.05, 0.1) is 0 Å². The number of anilines is 1. The van der Waals surface area contributed by atoms with Gasteiger partial charge >= 0.3 is 0 Å². The number of rotatable bonds is 3.